The third-order valence-corrected chi connectivity index (χ3v) is 4.28. The lowest BCUT2D eigenvalue weighted by Gasteiger charge is -2.39. The molecular formula is C14H16N2O4-2. The minimum atomic E-state index is -1.30. The van der Waals surface area contributed by atoms with E-state index < -0.39 is 17.0 Å². The molecule has 0 atom stereocenters. The SMILES string of the molecule is CC1(C)N([O-])C(c2ccc(C(=O)[O-])cc2)=[N+]([O-])C1(C)C. The van der Waals surface area contributed by atoms with E-state index in [-0.39, 0.29) is 11.4 Å². The highest BCUT2D eigenvalue weighted by atomic mass is 16.5. The Kier molecular flexibility index (Phi) is 3.02. The predicted octanol–water partition coefficient (Wildman–Crippen LogP) is 0.678. The summed E-state index contributed by atoms with van der Waals surface area (Å²) in [6, 6.07) is 5.51. The molecule has 6 heteroatoms. The van der Waals surface area contributed by atoms with Crippen LogP contribution in [0.2, 0.25) is 0 Å². The number of carbonyl (C=O) groups is 1. The summed E-state index contributed by atoms with van der Waals surface area (Å²) in [5.74, 6) is -1.31. The summed E-state index contributed by atoms with van der Waals surface area (Å²) in [6.45, 7) is 6.81. The maximum absolute atomic E-state index is 12.4. The summed E-state index contributed by atoms with van der Waals surface area (Å²) >= 11 is 0. The van der Waals surface area contributed by atoms with E-state index in [1.807, 2.05) is 0 Å². The van der Waals surface area contributed by atoms with Gasteiger partial charge in [-0.05, 0) is 45.4 Å². The molecule has 1 aromatic carbocycles. The summed E-state index contributed by atoms with van der Waals surface area (Å²) in [7, 11) is 0. The maximum Gasteiger partial charge on any atom is 0.279 e. The van der Waals surface area contributed by atoms with Crippen LogP contribution in [0.25, 0.3) is 0 Å². The van der Waals surface area contributed by atoms with Crippen LogP contribution in [-0.2, 0) is 0 Å². The topological polar surface area (TPSA) is 92.5 Å². The van der Waals surface area contributed by atoms with Gasteiger partial charge in [0.2, 0.25) is 0 Å². The first-order valence-electron chi connectivity index (χ1n) is 6.24. The Hall–Kier alpha value is -2.08. The second-order valence-electron chi connectivity index (χ2n) is 5.90. The van der Waals surface area contributed by atoms with Gasteiger partial charge in [0.25, 0.3) is 5.84 Å². The normalized spacial score (nSPS) is 20.4. The zero-order valence-corrected chi connectivity index (χ0v) is 11.8. The number of nitrogens with zero attached hydrogens (tertiary/aromatic N) is 2. The molecule has 2 rings (SSSR count). The van der Waals surface area contributed by atoms with E-state index in [0.717, 1.165) is 0 Å². The third kappa shape index (κ3) is 1.76. The Balaban J connectivity index is 2.52. The van der Waals surface area contributed by atoms with Crippen molar-refractivity contribution in [2.45, 2.75) is 38.8 Å². The standard InChI is InChI=1S/C14H17N2O4/c1-13(2)14(3,4)16(20)11(15(13)19)9-5-7-10(8-6-9)12(17)18/h5-8H,1-4H3,(H,17,18)/q-1/p-1. The average Bonchev–Trinajstić information content (AvgIpc) is 2.49. The van der Waals surface area contributed by atoms with Crippen LogP contribution in [-0.4, -0.2) is 32.7 Å². The van der Waals surface area contributed by atoms with Gasteiger partial charge in [0.05, 0.1) is 11.5 Å². The van der Waals surface area contributed by atoms with Crippen molar-refractivity contribution in [1.82, 2.24) is 5.06 Å². The fourth-order valence-electron chi connectivity index (χ4n) is 2.10. The number of hydrogen-bond donors (Lipinski definition) is 0. The summed E-state index contributed by atoms with van der Waals surface area (Å²) in [5, 5.41) is 36.2. The number of aromatic carboxylic acids is 1. The minimum Gasteiger partial charge on any atom is -0.715 e. The van der Waals surface area contributed by atoms with Crippen molar-refractivity contribution in [3.05, 3.63) is 45.8 Å². The molecular weight excluding hydrogens is 260 g/mol. The van der Waals surface area contributed by atoms with Crippen LogP contribution in [0.3, 0.4) is 0 Å². The molecule has 0 saturated heterocycles. The van der Waals surface area contributed by atoms with Gasteiger partial charge in [-0.25, -0.2) is 0 Å². The van der Waals surface area contributed by atoms with Gasteiger partial charge in [0.15, 0.2) is 0 Å². The van der Waals surface area contributed by atoms with Gasteiger partial charge in [-0.3, -0.25) is 9.80 Å². The number of carboxylic acid groups (broad SMARTS) is 1. The van der Waals surface area contributed by atoms with Crippen molar-refractivity contribution >= 4 is 11.8 Å². The van der Waals surface area contributed by atoms with Gasteiger partial charge < -0.3 is 20.3 Å². The number of rotatable bonds is 2. The maximum atomic E-state index is 12.4. The number of carboxylic acids is 1. The number of hydroxylamine groups is 3. The zero-order valence-electron chi connectivity index (χ0n) is 11.8. The molecule has 0 fully saturated rings. The van der Waals surface area contributed by atoms with Crippen LogP contribution in [0.1, 0.15) is 43.6 Å². The highest BCUT2D eigenvalue weighted by Gasteiger charge is 2.54. The highest BCUT2D eigenvalue weighted by molar-refractivity contribution is 5.98. The second kappa shape index (κ2) is 4.21. The van der Waals surface area contributed by atoms with Crippen LogP contribution in [0.5, 0.6) is 0 Å². The Morgan fingerprint density at radius 3 is 2.00 bits per heavy atom. The molecule has 0 radical (unpaired) electrons. The van der Waals surface area contributed by atoms with E-state index in [9.17, 15) is 20.3 Å². The van der Waals surface area contributed by atoms with Gasteiger partial charge in [-0.1, -0.05) is 12.1 Å². The molecule has 0 amide bonds. The van der Waals surface area contributed by atoms with Gasteiger partial charge in [-0.2, -0.15) is 0 Å². The van der Waals surface area contributed by atoms with Crippen LogP contribution in [0, 0.1) is 10.4 Å². The lowest BCUT2D eigenvalue weighted by molar-refractivity contribution is -0.539. The van der Waals surface area contributed by atoms with Gasteiger partial charge in [0.1, 0.15) is 11.1 Å². The zero-order chi connectivity index (χ0) is 15.3. The molecule has 0 N–H and O–H groups in total. The number of benzene rings is 1. The Morgan fingerprint density at radius 1 is 1.15 bits per heavy atom. The average molecular weight is 276 g/mol. The van der Waals surface area contributed by atoms with E-state index in [0.29, 0.717) is 15.4 Å². The van der Waals surface area contributed by atoms with Crippen LogP contribution >= 0.6 is 0 Å². The van der Waals surface area contributed by atoms with Crippen molar-refractivity contribution in [3.63, 3.8) is 0 Å². The number of hydrogen-bond acceptors (Lipinski definition) is 5. The second-order valence-corrected chi connectivity index (χ2v) is 5.90. The van der Waals surface area contributed by atoms with Crippen molar-refractivity contribution < 1.29 is 14.6 Å². The Morgan fingerprint density at radius 2 is 1.65 bits per heavy atom. The van der Waals surface area contributed by atoms with E-state index in [2.05, 4.69) is 0 Å². The summed E-state index contributed by atoms with van der Waals surface area (Å²) in [6.07, 6.45) is 0. The molecule has 1 aromatic rings. The summed E-state index contributed by atoms with van der Waals surface area (Å²) in [4.78, 5) is 10.7. The molecule has 20 heavy (non-hydrogen) atoms. The Bertz CT molecular complexity index is 588. The molecule has 1 heterocycles. The van der Waals surface area contributed by atoms with E-state index in [1.54, 1.807) is 27.7 Å². The molecule has 108 valence electrons. The molecule has 6 nitrogen and oxygen atoms in total. The van der Waals surface area contributed by atoms with Crippen molar-refractivity contribution in [2.24, 2.45) is 0 Å². The first kappa shape index (κ1) is 14.3. The highest BCUT2D eigenvalue weighted by Crippen LogP contribution is 2.37. The Labute approximate surface area is 117 Å². The monoisotopic (exact) mass is 276 g/mol. The molecule has 1 aliphatic rings. The van der Waals surface area contributed by atoms with E-state index in [1.165, 1.54) is 24.3 Å². The van der Waals surface area contributed by atoms with Crippen LogP contribution in [0.15, 0.2) is 24.3 Å². The molecule has 0 aliphatic carbocycles. The molecule has 0 spiro atoms. The first-order chi connectivity index (χ1) is 9.10. The molecule has 1 aliphatic heterocycles. The molecule has 0 bridgehead atoms. The lowest BCUT2D eigenvalue weighted by Crippen LogP contribution is -2.52. The fourth-order valence-corrected chi connectivity index (χ4v) is 2.10. The predicted molar refractivity (Wildman–Crippen MR) is 71.9 cm³/mol. The molecule has 0 aromatic heterocycles. The lowest BCUT2D eigenvalue weighted by atomic mass is 9.84. The summed E-state index contributed by atoms with van der Waals surface area (Å²) < 4.78 is 0.689. The third-order valence-electron chi connectivity index (χ3n) is 4.28. The quantitative estimate of drug-likeness (QED) is 0.585. The molecule has 0 saturated carbocycles. The smallest absolute Gasteiger partial charge is 0.279 e. The van der Waals surface area contributed by atoms with Gasteiger partial charge in [-0.15, -0.1) is 0 Å². The number of carbonyl (C=O) groups excluding carboxylic acids is 1. The van der Waals surface area contributed by atoms with Gasteiger partial charge in [0, 0.05) is 0 Å². The van der Waals surface area contributed by atoms with E-state index in [4.69, 9.17) is 0 Å². The van der Waals surface area contributed by atoms with E-state index >= 15 is 0 Å². The number of amidine groups is 1. The first-order valence-corrected chi connectivity index (χ1v) is 6.24. The van der Waals surface area contributed by atoms with Crippen LogP contribution < -0.4 is 5.11 Å². The fraction of sp³-hybridized carbons (Fsp3) is 0.429. The van der Waals surface area contributed by atoms with Gasteiger partial charge >= 0.3 is 0 Å². The van der Waals surface area contributed by atoms with Crippen LogP contribution in [0.4, 0.5) is 0 Å². The molecule has 0 unspecified atom stereocenters. The van der Waals surface area contributed by atoms with Crippen molar-refractivity contribution in [1.29, 1.82) is 0 Å². The van der Waals surface area contributed by atoms with Crippen molar-refractivity contribution in [3.8, 4) is 0 Å². The largest absolute Gasteiger partial charge is 0.715 e. The minimum absolute atomic E-state index is 0.000709. The van der Waals surface area contributed by atoms with Crippen molar-refractivity contribution in [2.75, 3.05) is 0 Å². The summed E-state index contributed by atoms with van der Waals surface area (Å²) in [5.41, 5.74) is -1.40.